The highest BCUT2D eigenvalue weighted by atomic mass is 16.7. The lowest BCUT2D eigenvalue weighted by molar-refractivity contribution is -0.123. The molecule has 9 nitrogen and oxygen atoms in total. The zero-order valence-electron chi connectivity index (χ0n) is 25.5. The molecule has 0 aromatic carbocycles. The van der Waals surface area contributed by atoms with Crippen molar-refractivity contribution in [1.82, 2.24) is 24.8 Å². The van der Waals surface area contributed by atoms with Crippen molar-refractivity contribution in [2.75, 3.05) is 40.8 Å². The molecule has 1 amide bonds. The summed E-state index contributed by atoms with van der Waals surface area (Å²) >= 11 is 0. The Labute approximate surface area is 243 Å². The monoisotopic (exact) mass is 559 g/mol. The van der Waals surface area contributed by atoms with E-state index < -0.39 is 18.3 Å². The summed E-state index contributed by atoms with van der Waals surface area (Å²) in [6.45, 7) is 12.2. The molecular weight excluding hydrogens is 517 g/mol. The molecule has 0 aliphatic carbocycles. The van der Waals surface area contributed by atoms with Gasteiger partial charge in [-0.1, -0.05) is 13.0 Å². The van der Waals surface area contributed by atoms with Gasteiger partial charge in [0.25, 0.3) is 0 Å². The average Bonchev–Trinajstić information content (AvgIpc) is 3.44. The smallest absolute Gasteiger partial charge is 0.476 e. The predicted molar refractivity (Wildman–Crippen MR) is 164 cm³/mol. The fraction of sp³-hybridized carbons (Fsp3) is 0.452. The number of aromatic amines is 1. The Hall–Kier alpha value is -3.47. The van der Waals surface area contributed by atoms with Crippen molar-refractivity contribution >= 4 is 29.6 Å². The molecule has 1 aliphatic rings. The van der Waals surface area contributed by atoms with Gasteiger partial charge < -0.3 is 23.9 Å². The van der Waals surface area contributed by atoms with E-state index in [2.05, 4.69) is 60.5 Å². The number of nitrogens with one attached hydrogen (secondary N) is 1. The first kappa shape index (κ1) is 30.5. The van der Waals surface area contributed by atoms with Gasteiger partial charge in [-0.15, -0.1) is 0 Å². The molecule has 41 heavy (non-hydrogen) atoms. The van der Waals surface area contributed by atoms with Gasteiger partial charge in [0.2, 0.25) is 11.8 Å². The number of carbonyl (C=O) groups is 1. The summed E-state index contributed by atoms with van der Waals surface area (Å²) in [4.78, 5) is 27.9. The van der Waals surface area contributed by atoms with Crippen molar-refractivity contribution < 1.29 is 18.8 Å². The summed E-state index contributed by atoms with van der Waals surface area (Å²) in [5, 5.41) is 1.03. The van der Waals surface area contributed by atoms with E-state index in [-0.39, 0.29) is 5.91 Å². The maximum atomic E-state index is 11.7. The van der Waals surface area contributed by atoms with Crippen LogP contribution < -0.4 is 4.74 Å². The van der Waals surface area contributed by atoms with Gasteiger partial charge >= 0.3 is 7.12 Å². The van der Waals surface area contributed by atoms with Gasteiger partial charge in [0, 0.05) is 73.9 Å². The first-order valence-electron chi connectivity index (χ1n) is 14.1. The Morgan fingerprint density at radius 2 is 1.83 bits per heavy atom. The molecule has 0 spiro atoms. The van der Waals surface area contributed by atoms with E-state index in [1.165, 1.54) is 0 Å². The lowest BCUT2D eigenvalue weighted by Gasteiger charge is -2.32. The quantitative estimate of drug-likeness (QED) is 0.268. The second-order valence-electron chi connectivity index (χ2n) is 11.6. The van der Waals surface area contributed by atoms with E-state index in [1.54, 1.807) is 31.3 Å². The predicted octanol–water partition coefficient (Wildman–Crippen LogP) is 4.76. The highest BCUT2D eigenvalue weighted by Crippen LogP contribution is 2.42. The van der Waals surface area contributed by atoms with Crippen molar-refractivity contribution in [2.24, 2.45) is 0 Å². The second kappa shape index (κ2) is 12.6. The minimum atomic E-state index is -0.493. The van der Waals surface area contributed by atoms with E-state index in [0.717, 1.165) is 39.8 Å². The number of hydrogen-bond donors (Lipinski definition) is 1. The van der Waals surface area contributed by atoms with Crippen LogP contribution in [0.2, 0.25) is 0 Å². The van der Waals surface area contributed by atoms with Crippen LogP contribution in [0, 0.1) is 0 Å². The molecule has 0 bridgehead atoms. The van der Waals surface area contributed by atoms with E-state index in [1.807, 2.05) is 43.6 Å². The summed E-state index contributed by atoms with van der Waals surface area (Å²) in [6, 6.07) is 10.0. The molecule has 0 unspecified atom stereocenters. The number of likely N-dealkylation sites (N-methyl/N-ethyl adjacent to an activating group) is 2. The zero-order chi connectivity index (χ0) is 29.8. The van der Waals surface area contributed by atoms with Crippen LogP contribution in [0.1, 0.15) is 52.3 Å². The van der Waals surface area contributed by atoms with Gasteiger partial charge in [0.1, 0.15) is 12.3 Å². The number of H-pyrrole nitrogens is 1. The molecule has 4 rings (SSSR count). The Morgan fingerprint density at radius 3 is 2.44 bits per heavy atom. The maximum absolute atomic E-state index is 11.7. The number of fused-ring (bicyclic) bond motifs is 1. The maximum Gasteiger partial charge on any atom is 0.491 e. The Kier molecular flexibility index (Phi) is 9.36. The van der Waals surface area contributed by atoms with E-state index in [0.29, 0.717) is 25.6 Å². The molecular formula is C31H42BN5O4. The van der Waals surface area contributed by atoms with Gasteiger partial charge in [-0.25, -0.2) is 9.97 Å². The van der Waals surface area contributed by atoms with Crippen molar-refractivity contribution in [1.29, 1.82) is 0 Å². The van der Waals surface area contributed by atoms with Crippen LogP contribution in [0.5, 0.6) is 5.88 Å². The molecule has 0 radical (unpaired) electrons. The van der Waals surface area contributed by atoms with Crippen LogP contribution in [0.3, 0.4) is 0 Å². The molecule has 218 valence electrons. The number of amides is 1. The fourth-order valence-electron chi connectivity index (χ4n) is 4.55. The fourth-order valence-corrected chi connectivity index (χ4v) is 4.55. The zero-order valence-corrected chi connectivity index (χ0v) is 25.5. The average molecular weight is 560 g/mol. The first-order chi connectivity index (χ1) is 19.4. The summed E-state index contributed by atoms with van der Waals surface area (Å²) in [5.41, 5.74) is 3.81. The highest BCUT2D eigenvalue weighted by Gasteiger charge is 2.52. The molecule has 1 aliphatic heterocycles. The number of aromatic nitrogens is 3. The third-order valence-corrected chi connectivity index (χ3v) is 7.77. The van der Waals surface area contributed by atoms with Gasteiger partial charge in [-0.3, -0.25) is 9.69 Å². The third-order valence-electron chi connectivity index (χ3n) is 7.77. The van der Waals surface area contributed by atoms with Crippen molar-refractivity contribution in [3.05, 3.63) is 71.6 Å². The number of ether oxygens (including phenoxy) is 1. The van der Waals surface area contributed by atoms with Gasteiger partial charge in [0.05, 0.1) is 11.2 Å². The first-order valence-corrected chi connectivity index (χ1v) is 14.1. The lowest BCUT2D eigenvalue weighted by atomic mass is 9.71. The molecule has 0 saturated carbocycles. The largest absolute Gasteiger partial charge is 0.491 e. The Bertz CT molecular complexity index is 1360. The molecule has 1 fully saturated rings. The van der Waals surface area contributed by atoms with E-state index in [4.69, 9.17) is 14.0 Å². The van der Waals surface area contributed by atoms with Crippen LogP contribution in [-0.2, 0) is 14.1 Å². The molecule has 10 heteroatoms. The number of hydrogen-bond acceptors (Lipinski definition) is 7. The number of pyridine rings is 2. The number of rotatable bonds is 11. The van der Waals surface area contributed by atoms with Crippen LogP contribution in [-0.4, -0.2) is 89.8 Å². The molecule has 1 saturated heterocycles. The summed E-state index contributed by atoms with van der Waals surface area (Å²) in [5.74, 6) is 0.521. The van der Waals surface area contributed by atoms with Crippen molar-refractivity contribution in [2.45, 2.75) is 52.2 Å². The van der Waals surface area contributed by atoms with Crippen LogP contribution in [0.4, 0.5) is 0 Å². The van der Waals surface area contributed by atoms with Crippen molar-refractivity contribution in [3.8, 4) is 5.88 Å². The molecule has 1 N–H and O–H groups in total. The summed E-state index contributed by atoms with van der Waals surface area (Å²) in [7, 11) is 4.96. The van der Waals surface area contributed by atoms with Crippen LogP contribution >= 0.6 is 0 Å². The number of allylic oxidation sites excluding steroid dienone is 1. The standard InChI is InChI=1S/C31H42BN5O4/c1-9-24(32-40-30(2,3)31(4,5)41-32)28(25-20-22-12-10-16-33-29(22)35-25)23-14-15-26(34-21-23)39-19-18-37(8)17-11-13-27(38)36(6)7/h10-16,20-21H,9,17-19H2,1-8H3,(H,33,35)/b13-11+,28-24+. The SMILES string of the molecule is CC/C(B1OC(C)(C)C(C)(C)O1)=C(/c1ccc(OCCN(C)C/C=C/C(=O)N(C)C)nc1)c1cc2cccnc2[nH]1. The Balaban J connectivity index is 1.55. The van der Waals surface area contributed by atoms with Gasteiger partial charge in [-0.2, -0.15) is 0 Å². The Morgan fingerprint density at radius 1 is 1.10 bits per heavy atom. The van der Waals surface area contributed by atoms with Crippen LogP contribution in [0.15, 0.2) is 60.4 Å². The van der Waals surface area contributed by atoms with Gasteiger partial charge in [-0.05, 0) is 70.9 Å². The molecule has 4 heterocycles. The number of carbonyl (C=O) groups excluding carboxylic acids is 1. The van der Waals surface area contributed by atoms with Gasteiger partial charge in [0.15, 0.2) is 0 Å². The molecule has 3 aromatic heterocycles. The third kappa shape index (κ3) is 7.06. The molecule has 0 atom stereocenters. The lowest BCUT2D eigenvalue weighted by Crippen LogP contribution is -2.41. The summed E-state index contributed by atoms with van der Waals surface area (Å²) in [6.07, 6.45) is 7.79. The van der Waals surface area contributed by atoms with Crippen LogP contribution in [0.25, 0.3) is 16.6 Å². The summed E-state index contributed by atoms with van der Waals surface area (Å²) < 4.78 is 18.9. The highest BCUT2D eigenvalue weighted by molar-refractivity contribution is 6.56. The van der Waals surface area contributed by atoms with Crippen molar-refractivity contribution in [3.63, 3.8) is 0 Å². The minimum absolute atomic E-state index is 0.0271. The molecule has 3 aromatic rings. The second-order valence-corrected chi connectivity index (χ2v) is 11.6. The van der Waals surface area contributed by atoms with E-state index in [9.17, 15) is 4.79 Å². The van der Waals surface area contributed by atoms with E-state index >= 15 is 0 Å². The number of nitrogens with zero attached hydrogens (tertiary/aromatic N) is 4. The minimum Gasteiger partial charge on any atom is -0.476 e. The normalized spacial score (nSPS) is 17.0. The topological polar surface area (TPSA) is 92.8 Å².